The highest BCUT2D eigenvalue weighted by atomic mass is 16.1. The molecule has 0 aliphatic carbocycles. The van der Waals surface area contributed by atoms with Crippen LogP contribution in [-0.4, -0.2) is 16.6 Å². The fourth-order valence-corrected chi connectivity index (χ4v) is 4.25. The third-order valence-corrected chi connectivity index (χ3v) is 5.74. The Kier molecular flexibility index (Phi) is 4.71. The first kappa shape index (κ1) is 18.9. The van der Waals surface area contributed by atoms with E-state index in [0.29, 0.717) is 5.56 Å². The summed E-state index contributed by atoms with van der Waals surface area (Å²) in [6.07, 6.45) is 0.969. The summed E-state index contributed by atoms with van der Waals surface area (Å²) in [5, 5.41) is 0. The summed E-state index contributed by atoms with van der Waals surface area (Å²) in [5.41, 5.74) is 17.1. The number of amides is 1. The van der Waals surface area contributed by atoms with E-state index in [-0.39, 0.29) is 0 Å². The van der Waals surface area contributed by atoms with Gasteiger partial charge in [0, 0.05) is 33.7 Å². The second-order valence-electron chi connectivity index (χ2n) is 7.49. The lowest BCUT2D eigenvalue weighted by molar-refractivity contribution is 0.100. The number of carbonyl (C=O) groups excluding carboxylic acids is 1. The zero-order chi connectivity index (χ0) is 20.7. The Morgan fingerprint density at radius 3 is 2.17 bits per heavy atom. The number of rotatable bonds is 4. The smallest absolute Gasteiger partial charge is 0.248 e. The minimum absolute atomic E-state index is 0.425. The van der Waals surface area contributed by atoms with Crippen LogP contribution in [0, 0.1) is 13.8 Å². The van der Waals surface area contributed by atoms with Crippen LogP contribution in [0.25, 0.3) is 11.3 Å². The second kappa shape index (κ2) is 7.21. The topological polar surface area (TPSA) is 71.2 Å². The molecule has 3 N–H and O–H groups in total. The summed E-state index contributed by atoms with van der Waals surface area (Å²) < 4.78 is 0. The summed E-state index contributed by atoms with van der Waals surface area (Å²) in [6.45, 7) is 8.50. The molecule has 1 aliphatic rings. The maximum absolute atomic E-state index is 11.5. The fraction of sp³-hybridized carbons (Fsp3) is 0.200. The van der Waals surface area contributed by atoms with Gasteiger partial charge >= 0.3 is 0 Å². The van der Waals surface area contributed by atoms with Crippen molar-refractivity contribution in [1.29, 1.82) is 0 Å². The summed E-state index contributed by atoms with van der Waals surface area (Å²) in [4.78, 5) is 20.1. The van der Waals surface area contributed by atoms with Gasteiger partial charge in [-0.25, -0.2) is 0 Å². The van der Waals surface area contributed by atoms with Crippen LogP contribution in [0.15, 0.2) is 53.5 Å². The average molecular weight is 383 g/mol. The molecule has 146 valence electrons. The lowest BCUT2D eigenvalue weighted by atomic mass is 9.92. The van der Waals surface area contributed by atoms with Crippen molar-refractivity contribution in [2.24, 2.45) is 10.7 Å². The van der Waals surface area contributed by atoms with Gasteiger partial charge in [-0.05, 0) is 56.0 Å². The summed E-state index contributed by atoms with van der Waals surface area (Å²) >= 11 is 0. The number of aryl methyl sites for hydroxylation is 1. The molecule has 1 aliphatic heterocycles. The molecular formula is C25H25N3O. The number of nitrogens with one attached hydrogen (secondary N) is 1. The molecule has 1 amide bonds. The minimum atomic E-state index is -0.425. The van der Waals surface area contributed by atoms with Crippen molar-refractivity contribution in [3.8, 4) is 0 Å². The first-order chi connectivity index (χ1) is 13.9. The molecule has 1 aromatic heterocycles. The largest absolute Gasteiger partial charge is 0.366 e. The lowest BCUT2D eigenvalue weighted by Crippen LogP contribution is -2.10. The van der Waals surface area contributed by atoms with Gasteiger partial charge in [-0.15, -0.1) is 0 Å². The molecule has 2 aromatic carbocycles. The molecule has 0 saturated carbocycles. The highest BCUT2D eigenvalue weighted by Gasteiger charge is 2.25. The monoisotopic (exact) mass is 383 g/mol. The Bertz CT molecular complexity index is 1180. The summed E-state index contributed by atoms with van der Waals surface area (Å²) in [6, 6.07) is 15.8. The molecule has 3 aromatic rings. The van der Waals surface area contributed by atoms with E-state index >= 15 is 0 Å². The van der Waals surface area contributed by atoms with E-state index in [2.05, 4.69) is 37.9 Å². The Balaban J connectivity index is 2.03. The number of nitrogens with two attached hydrogens (primary N) is 1. The maximum Gasteiger partial charge on any atom is 0.248 e. The molecule has 4 rings (SSSR count). The highest BCUT2D eigenvalue weighted by Crippen LogP contribution is 2.40. The molecule has 0 fully saturated rings. The maximum atomic E-state index is 11.5. The molecule has 4 heteroatoms. The van der Waals surface area contributed by atoms with Crippen molar-refractivity contribution in [2.75, 3.05) is 0 Å². The standard InChI is InChI=1S/C25H25N3O/c1-5-19-14(2)23(27-15(19)3)22(17-10-12-18(13-11-17)25(26)29)24-21-9-7-6-8-20(21)16(4)28-24/h6-13,27H,5H2,1-4H3,(H2,26,29). The highest BCUT2D eigenvalue weighted by molar-refractivity contribution is 6.15. The van der Waals surface area contributed by atoms with Crippen molar-refractivity contribution in [3.63, 3.8) is 0 Å². The number of carbonyl (C=O) groups is 1. The third-order valence-electron chi connectivity index (χ3n) is 5.74. The van der Waals surface area contributed by atoms with Crippen LogP contribution in [0.3, 0.4) is 0 Å². The molecule has 0 unspecified atom stereocenters. The molecule has 2 heterocycles. The van der Waals surface area contributed by atoms with Crippen LogP contribution in [0.4, 0.5) is 0 Å². The van der Waals surface area contributed by atoms with Crippen molar-refractivity contribution in [3.05, 3.63) is 93.3 Å². The number of fused-ring (bicyclic) bond motifs is 1. The Labute approximate surface area is 171 Å². The van der Waals surface area contributed by atoms with Gasteiger partial charge in [0.2, 0.25) is 5.91 Å². The number of hydrogen-bond donors (Lipinski definition) is 2. The number of H-pyrrole nitrogens is 1. The van der Waals surface area contributed by atoms with E-state index in [1.807, 2.05) is 31.2 Å². The average Bonchev–Trinajstić information content (AvgIpc) is 3.19. The summed E-state index contributed by atoms with van der Waals surface area (Å²) in [7, 11) is 0. The van der Waals surface area contributed by atoms with Crippen molar-refractivity contribution in [2.45, 2.75) is 34.1 Å². The second-order valence-corrected chi connectivity index (χ2v) is 7.49. The van der Waals surface area contributed by atoms with Gasteiger partial charge in [-0.3, -0.25) is 9.79 Å². The normalized spacial score (nSPS) is 14.6. The first-order valence-corrected chi connectivity index (χ1v) is 9.90. The number of hydrogen-bond acceptors (Lipinski definition) is 2. The van der Waals surface area contributed by atoms with Gasteiger partial charge in [0.25, 0.3) is 0 Å². The number of aromatic nitrogens is 1. The number of aromatic amines is 1. The van der Waals surface area contributed by atoms with Crippen LogP contribution in [0.5, 0.6) is 0 Å². The third kappa shape index (κ3) is 3.11. The van der Waals surface area contributed by atoms with Crippen molar-refractivity contribution < 1.29 is 4.79 Å². The molecule has 0 atom stereocenters. The zero-order valence-electron chi connectivity index (χ0n) is 17.3. The van der Waals surface area contributed by atoms with E-state index in [4.69, 9.17) is 10.7 Å². The van der Waals surface area contributed by atoms with Gasteiger partial charge < -0.3 is 10.7 Å². The molecule has 0 radical (unpaired) electrons. The molecule has 0 bridgehead atoms. The van der Waals surface area contributed by atoms with E-state index < -0.39 is 5.91 Å². The van der Waals surface area contributed by atoms with Gasteiger partial charge in [-0.2, -0.15) is 0 Å². The predicted molar refractivity (Wildman–Crippen MR) is 119 cm³/mol. The van der Waals surface area contributed by atoms with E-state index in [9.17, 15) is 4.79 Å². The van der Waals surface area contributed by atoms with Crippen molar-refractivity contribution >= 4 is 22.9 Å². The molecule has 0 spiro atoms. The van der Waals surface area contributed by atoms with Crippen LogP contribution in [0.1, 0.15) is 63.4 Å². The predicted octanol–water partition coefficient (Wildman–Crippen LogP) is 5.03. The molecular weight excluding hydrogens is 358 g/mol. The SMILES string of the molecule is CCc1c(C)[nH]c(C(=C2N=C(C)c3ccccc32)c2ccc(C(N)=O)cc2)c1C. The van der Waals surface area contributed by atoms with Crippen LogP contribution >= 0.6 is 0 Å². The first-order valence-electron chi connectivity index (χ1n) is 9.90. The Hall–Kier alpha value is -3.40. The van der Waals surface area contributed by atoms with E-state index in [1.54, 1.807) is 12.1 Å². The van der Waals surface area contributed by atoms with Crippen LogP contribution in [-0.2, 0) is 6.42 Å². The zero-order valence-corrected chi connectivity index (χ0v) is 17.3. The molecule has 4 nitrogen and oxygen atoms in total. The summed E-state index contributed by atoms with van der Waals surface area (Å²) in [5.74, 6) is -0.425. The van der Waals surface area contributed by atoms with Gasteiger partial charge in [0.1, 0.15) is 0 Å². The van der Waals surface area contributed by atoms with E-state index in [0.717, 1.165) is 45.8 Å². The fourth-order valence-electron chi connectivity index (χ4n) is 4.25. The number of benzene rings is 2. The van der Waals surface area contributed by atoms with Gasteiger partial charge in [0.15, 0.2) is 0 Å². The molecule has 29 heavy (non-hydrogen) atoms. The number of aliphatic imine (C=N–C) groups is 1. The van der Waals surface area contributed by atoms with E-state index in [1.165, 1.54) is 16.8 Å². The quantitative estimate of drug-likeness (QED) is 0.651. The molecule has 0 saturated heterocycles. The van der Waals surface area contributed by atoms with Crippen LogP contribution in [0.2, 0.25) is 0 Å². The lowest BCUT2D eigenvalue weighted by Gasteiger charge is -2.13. The van der Waals surface area contributed by atoms with Crippen LogP contribution < -0.4 is 5.73 Å². The minimum Gasteiger partial charge on any atom is -0.366 e. The van der Waals surface area contributed by atoms with Gasteiger partial charge in [0.05, 0.1) is 11.4 Å². The number of nitrogens with zero attached hydrogens (tertiary/aromatic N) is 1. The van der Waals surface area contributed by atoms with Gasteiger partial charge in [-0.1, -0.05) is 43.3 Å². The Morgan fingerprint density at radius 1 is 0.966 bits per heavy atom. The Morgan fingerprint density at radius 2 is 1.59 bits per heavy atom. The van der Waals surface area contributed by atoms with Crippen molar-refractivity contribution in [1.82, 2.24) is 4.98 Å². The number of primary amides is 1.